The fraction of sp³-hybridized carbons (Fsp3) is 0.0833. The maximum Gasteiger partial charge on any atom is 0.108 e. The van der Waals surface area contributed by atoms with Crippen LogP contribution in [0.4, 0.5) is 5.69 Å². The van der Waals surface area contributed by atoms with Crippen LogP contribution in [0.1, 0.15) is 10.6 Å². The molecule has 0 aliphatic rings. The molecule has 3 aromatic rings. The molecule has 88 valence electrons. The second kappa shape index (κ2) is 4.77. The van der Waals surface area contributed by atoms with Crippen LogP contribution in [-0.4, -0.2) is 4.98 Å². The molecule has 0 radical (unpaired) electrons. The van der Waals surface area contributed by atoms with Gasteiger partial charge in [-0.15, -0.1) is 23.7 Å². The van der Waals surface area contributed by atoms with Crippen molar-refractivity contribution in [2.24, 2.45) is 0 Å². The van der Waals surface area contributed by atoms with Crippen molar-refractivity contribution >= 4 is 39.6 Å². The third-order valence-corrected chi connectivity index (χ3v) is 3.60. The molecule has 3 nitrogen and oxygen atoms in total. The lowest BCUT2D eigenvalue weighted by molar-refractivity contribution is 0.522. The zero-order chi connectivity index (χ0) is 11.0. The summed E-state index contributed by atoms with van der Waals surface area (Å²) >= 11 is 1.67. The average molecular weight is 267 g/mol. The molecule has 0 spiro atoms. The molecule has 0 unspecified atom stereocenters. The molecule has 0 atom stereocenters. The number of nitrogens with two attached hydrogens (primary N) is 1. The molecule has 3 rings (SSSR count). The van der Waals surface area contributed by atoms with E-state index in [1.54, 1.807) is 23.8 Å². The number of hydrogen-bond acceptors (Lipinski definition) is 4. The Hall–Kier alpha value is -1.52. The highest BCUT2D eigenvalue weighted by Gasteiger charge is 2.07. The molecule has 0 saturated heterocycles. The number of hydrogen-bond donors (Lipinski definition) is 1. The summed E-state index contributed by atoms with van der Waals surface area (Å²) < 4.78 is 6.38. The van der Waals surface area contributed by atoms with Crippen LogP contribution in [0.25, 0.3) is 10.2 Å². The number of halogens is 1. The highest BCUT2D eigenvalue weighted by Crippen LogP contribution is 2.30. The first-order valence-corrected chi connectivity index (χ1v) is 5.80. The number of fused-ring (bicyclic) bond motifs is 1. The van der Waals surface area contributed by atoms with Gasteiger partial charge in [0, 0.05) is 17.5 Å². The zero-order valence-electron chi connectivity index (χ0n) is 8.92. The molecule has 3 heterocycles. The van der Waals surface area contributed by atoms with Gasteiger partial charge in [0.15, 0.2) is 0 Å². The Morgan fingerprint density at radius 2 is 2.24 bits per heavy atom. The maximum absolute atomic E-state index is 5.89. The lowest BCUT2D eigenvalue weighted by atomic mass is 10.2. The van der Waals surface area contributed by atoms with Gasteiger partial charge in [-0.05, 0) is 24.3 Å². The van der Waals surface area contributed by atoms with Crippen LogP contribution in [0.5, 0.6) is 0 Å². The predicted octanol–water partition coefficient (Wildman–Crippen LogP) is 3.48. The zero-order valence-corrected chi connectivity index (χ0v) is 10.6. The predicted molar refractivity (Wildman–Crippen MR) is 72.8 cm³/mol. The number of anilines is 1. The van der Waals surface area contributed by atoms with E-state index < -0.39 is 0 Å². The first-order valence-electron chi connectivity index (χ1n) is 4.98. The number of aromatic nitrogens is 1. The Balaban J connectivity index is 0.00000108. The van der Waals surface area contributed by atoms with E-state index in [2.05, 4.69) is 11.1 Å². The van der Waals surface area contributed by atoms with Crippen LogP contribution in [0.15, 0.2) is 41.1 Å². The average Bonchev–Trinajstić information content (AvgIpc) is 2.88. The maximum atomic E-state index is 5.89. The van der Waals surface area contributed by atoms with Crippen molar-refractivity contribution in [3.63, 3.8) is 0 Å². The van der Waals surface area contributed by atoms with Gasteiger partial charge in [-0.2, -0.15) is 0 Å². The van der Waals surface area contributed by atoms with Gasteiger partial charge in [-0.3, -0.25) is 4.98 Å². The fourth-order valence-corrected chi connectivity index (χ4v) is 2.73. The van der Waals surface area contributed by atoms with Gasteiger partial charge in [0.25, 0.3) is 0 Å². The molecule has 3 aromatic heterocycles. The molecular weight excluding hydrogens is 256 g/mol. The third kappa shape index (κ3) is 2.28. The van der Waals surface area contributed by atoms with Gasteiger partial charge >= 0.3 is 0 Å². The Morgan fingerprint density at radius 1 is 1.35 bits per heavy atom. The van der Waals surface area contributed by atoms with Gasteiger partial charge < -0.3 is 10.2 Å². The molecule has 0 bridgehead atoms. The number of nitrogen functional groups attached to an aromatic ring is 1. The summed E-state index contributed by atoms with van der Waals surface area (Å²) in [5.41, 5.74) is 7.65. The minimum absolute atomic E-state index is 0. The summed E-state index contributed by atoms with van der Waals surface area (Å²) in [6.45, 7) is 0. The van der Waals surface area contributed by atoms with Gasteiger partial charge in [-0.1, -0.05) is 0 Å². The van der Waals surface area contributed by atoms with Gasteiger partial charge in [-0.25, -0.2) is 0 Å². The van der Waals surface area contributed by atoms with E-state index in [0.29, 0.717) is 0 Å². The topological polar surface area (TPSA) is 52.0 Å². The van der Waals surface area contributed by atoms with Gasteiger partial charge in [0.05, 0.1) is 22.2 Å². The van der Waals surface area contributed by atoms with Crippen molar-refractivity contribution in [1.82, 2.24) is 4.98 Å². The largest absolute Gasteiger partial charge is 0.469 e. The van der Waals surface area contributed by atoms with Crippen molar-refractivity contribution < 1.29 is 4.42 Å². The van der Waals surface area contributed by atoms with Crippen molar-refractivity contribution in [3.05, 3.63) is 47.4 Å². The summed E-state index contributed by atoms with van der Waals surface area (Å²) in [4.78, 5) is 5.51. The highest BCUT2D eigenvalue weighted by molar-refractivity contribution is 7.19. The lowest BCUT2D eigenvalue weighted by Gasteiger charge is -1.92. The molecule has 0 amide bonds. The summed E-state index contributed by atoms with van der Waals surface area (Å²) in [5.74, 6) is 0.963. The highest BCUT2D eigenvalue weighted by atomic mass is 35.5. The van der Waals surface area contributed by atoms with E-state index >= 15 is 0 Å². The molecule has 0 aliphatic carbocycles. The minimum atomic E-state index is 0. The summed E-state index contributed by atoms with van der Waals surface area (Å²) in [7, 11) is 0. The van der Waals surface area contributed by atoms with Crippen LogP contribution < -0.4 is 5.73 Å². The van der Waals surface area contributed by atoms with E-state index in [4.69, 9.17) is 10.2 Å². The third-order valence-electron chi connectivity index (χ3n) is 2.42. The fourth-order valence-electron chi connectivity index (χ4n) is 1.68. The van der Waals surface area contributed by atoms with E-state index in [0.717, 1.165) is 28.1 Å². The van der Waals surface area contributed by atoms with Crippen LogP contribution in [0.2, 0.25) is 0 Å². The molecule has 0 fully saturated rings. The van der Waals surface area contributed by atoms with Crippen molar-refractivity contribution in [2.75, 3.05) is 5.73 Å². The number of pyridine rings is 1. The molecule has 2 N–H and O–H groups in total. The second-order valence-electron chi connectivity index (χ2n) is 3.58. The van der Waals surface area contributed by atoms with Crippen LogP contribution in [-0.2, 0) is 6.42 Å². The molecular formula is C12H11ClN2OS. The molecule has 0 saturated carbocycles. The monoisotopic (exact) mass is 266 g/mol. The van der Waals surface area contributed by atoms with Crippen LogP contribution in [0.3, 0.4) is 0 Å². The SMILES string of the molecule is Cl.Nc1ccnc2cc(Cc3ccco3)sc12. The molecule has 0 aromatic carbocycles. The second-order valence-corrected chi connectivity index (χ2v) is 4.72. The Kier molecular flexibility index (Phi) is 3.36. The standard InChI is InChI=1S/C12H10N2OS.ClH/c13-10-3-4-14-11-7-9(16-12(10)11)6-8-2-1-5-15-8;/h1-5,7H,6H2,(H2,13,14);1H. The van der Waals surface area contributed by atoms with Crippen LogP contribution in [0, 0.1) is 0 Å². The lowest BCUT2D eigenvalue weighted by Crippen LogP contribution is -1.83. The normalized spacial score (nSPS) is 10.4. The quantitative estimate of drug-likeness (QED) is 0.773. The molecule has 17 heavy (non-hydrogen) atoms. The number of nitrogens with zero attached hydrogens (tertiary/aromatic N) is 1. The number of rotatable bonds is 2. The summed E-state index contributed by atoms with van der Waals surface area (Å²) in [5, 5.41) is 0. The minimum Gasteiger partial charge on any atom is -0.469 e. The van der Waals surface area contributed by atoms with Crippen LogP contribution >= 0.6 is 23.7 Å². The van der Waals surface area contributed by atoms with Crippen molar-refractivity contribution in [1.29, 1.82) is 0 Å². The smallest absolute Gasteiger partial charge is 0.108 e. The van der Waals surface area contributed by atoms with Crippen molar-refractivity contribution in [2.45, 2.75) is 6.42 Å². The number of furan rings is 1. The Bertz CT molecular complexity index is 619. The van der Waals surface area contributed by atoms with E-state index in [-0.39, 0.29) is 12.4 Å². The Labute approximate surface area is 109 Å². The number of thiophene rings is 1. The summed E-state index contributed by atoms with van der Waals surface area (Å²) in [6.07, 6.45) is 4.23. The molecule has 5 heteroatoms. The van der Waals surface area contributed by atoms with E-state index in [1.807, 2.05) is 18.2 Å². The van der Waals surface area contributed by atoms with Crippen molar-refractivity contribution in [3.8, 4) is 0 Å². The molecule has 0 aliphatic heterocycles. The van der Waals surface area contributed by atoms with E-state index in [1.165, 1.54) is 4.88 Å². The first kappa shape index (κ1) is 12.0. The first-order chi connectivity index (χ1) is 7.83. The van der Waals surface area contributed by atoms with E-state index in [9.17, 15) is 0 Å². The Morgan fingerprint density at radius 3 is 2.94 bits per heavy atom. The summed E-state index contributed by atoms with van der Waals surface area (Å²) in [6, 6.07) is 7.77. The van der Waals surface area contributed by atoms with Gasteiger partial charge in [0.1, 0.15) is 5.76 Å². The van der Waals surface area contributed by atoms with Gasteiger partial charge in [0.2, 0.25) is 0 Å².